The molecule has 1 saturated heterocycles. The van der Waals surface area contributed by atoms with Gasteiger partial charge in [-0.25, -0.2) is 22.1 Å². The highest BCUT2D eigenvalue weighted by molar-refractivity contribution is 7.89. The molecule has 7 heteroatoms. The maximum Gasteiger partial charge on any atom is 0.213 e. The summed E-state index contributed by atoms with van der Waals surface area (Å²) >= 11 is 0. The average molecular weight is 301 g/mol. The van der Waals surface area contributed by atoms with Crippen LogP contribution in [0.3, 0.4) is 0 Å². The summed E-state index contributed by atoms with van der Waals surface area (Å²) in [5.41, 5.74) is 0. The Labute approximate surface area is 119 Å². The third-order valence-corrected chi connectivity index (χ3v) is 5.72. The first kappa shape index (κ1) is 15.2. The van der Waals surface area contributed by atoms with Crippen LogP contribution < -0.4 is 4.90 Å². The Morgan fingerprint density at radius 1 is 1.40 bits per heavy atom. The number of aromatic nitrogens is 1. The first-order valence-electron chi connectivity index (χ1n) is 6.76. The number of anilines is 1. The van der Waals surface area contributed by atoms with Gasteiger partial charge in [-0.15, -0.1) is 0 Å². The first-order valence-corrected chi connectivity index (χ1v) is 8.37. The summed E-state index contributed by atoms with van der Waals surface area (Å²) in [5, 5.41) is 0. The third-order valence-electron chi connectivity index (χ3n) is 3.82. The normalized spacial score (nSPS) is 17.7. The van der Waals surface area contributed by atoms with Gasteiger partial charge in [0.15, 0.2) is 0 Å². The molecule has 0 saturated carbocycles. The van der Waals surface area contributed by atoms with Crippen LogP contribution >= 0.6 is 0 Å². The minimum atomic E-state index is -3.14. The van der Waals surface area contributed by atoms with Crippen LogP contribution in [0.5, 0.6) is 0 Å². The van der Waals surface area contributed by atoms with Crippen molar-refractivity contribution in [3.05, 3.63) is 24.1 Å². The molecular weight excluding hydrogens is 281 g/mol. The van der Waals surface area contributed by atoms with E-state index in [1.165, 1.54) is 16.6 Å². The van der Waals surface area contributed by atoms with Crippen LogP contribution in [0, 0.1) is 5.82 Å². The van der Waals surface area contributed by atoms with Crippen molar-refractivity contribution in [2.24, 2.45) is 0 Å². The molecule has 0 aromatic carbocycles. The summed E-state index contributed by atoms with van der Waals surface area (Å²) < 4.78 is 38.0. The van der Waals surface area contributed by atoms with Gasteiger partial charge in [-0.2, -0.15) is 0 Å². The number of nitrogens with zero attached hydrogens (tertiary/aromatic N) is 3. The number of sulfonamides is 1. The van der Waals surface area contributed by atoms with Crippen LogP contribution in [0.4, 0.5) is 10.2 Å². The van der Waals surface area contributed by atoms with Gasteiger partial charge in [0.1, 0.15) is 11.6 Å². The van der Waals surface area contributed by atoms with Crippen LogP contribution in [0.15, 0.2) is 18.3 Å². The number of piperidine rings is 1. The number of pyridine rings is 1. The average Bonchev–Trinajstić information content (AvgIpc) is 2.47. The van der Waals surface area contributed by atoms with Gasteiger partial charge in [0, 0.05) is 26.2 Å². The molecule has 1 fully saturated rings. The SMILES string of the molecule is CCS(=O)(=O)N(C)C1CCN(c2ccc(F)cn2)CC1. The fraction of sp³-hybridized carbons (Fsp3) is 0.615. The molecule has 20 heavy (non-hydrogen) atoms. The maximum absolute atomic E-state index is 12.8. The van der Waals surface area contributed by atoms with Crippen molar-refractivity contribution in [3.63, 3.8) is 0 Å². The summed E-state index contributed by atoms with van der Waals surface area (Å²) in [6, 6.07) is 3.08. The Hall–Kier alpha value is -1.21. The summed E-state index contributed by atoms with van der Waals surface area (Å²) in [7, 11) is -1.49. The highest BCUT2D eigenvalue weighted by atomic mass is 32.2. The molecule has 1 aromatic rings. The van der Waals surface area contributed by atoms with Gasteiger partial charge in [0.2, 0.25) is 10.0 Å². The molecule has 1 aliphatic rings. The molecule has 2 rings (SSSR count). The highest BCUT2D eigenvalue weighted by Crippen LogP contribution is 2.22. The zero-order chi connectivity index (χ0) is 14.8. The largest absolute Gasteiger partial charge is 0.357 e. The molecule has 0 aliphatic carbocycles. The number of hydrogen-bond acceptors (Lipinski definition) is 4. The van der Waals surface area contributed by atoms with E-state index in [2.05, 4.69) is 9.88 Å². The van der Waals surface area contributed by atoms with Crippen molar-refractivity contribution in [1.82, 2.24) is 9.29 Å². The predicted octanol–water partition coefficient (Wildman–Crippen LogP) is 1.47. The maximum atomic E-state index is 12.8. The van der Waals surface area contributed by atoms with Crippen LogP contribution in [-0.2, 0) is 10.0 Å². The Balaban J connectivity index is 1.97. The Bertz CT molecular complexity index is 539. The van der Waals surface area contributed by atoms with E-state index in [4.69, 9.17) is 0 Å². The van der Waals surface area contributed by atoms with E-state index in [0.29, 0.717) is 0 Å². The molecular formula is C13H20FN3O2S. The van der Waals surface area contributed by atoms with Gasteiger partial charge in [0.25, 0.3) is 0 Å². The Kier molecular flexibility index (Phi) is 4.59. The van der Waals surface area contributed by atoms with E-state index < -0.39 is 10.0 Å². The quantitative estimate of drug-likeness (QED) is 0.845. The molecule has 112 valence electrons. The van der Waals surface area contributed by atoms with Crippen LogP contribution in [0.2, 0.25) is 0 Å². The van der Waals surface area contributed by atoms with Gasteiger partial charge in [-0.3, -0.25) is 0 Å². The zero-order valence-corrected chi connectivity index (χ0v) is 12.6. The van der Waals surface area contributed by atoms with Gasteiger partial charge >= 0.3 is 0 Å². The van der Waals surface area contributed by atoms with Crippen molar-refractivity contribution in [2.75, 3.05) is 30.8 Å². The Morgan fingerprint density at radius 2 is 2.05 bits per heavy atom. The van der Waals surface area contributed by atoms with E-state index in [1.807, 2.05) is 0 Å². The molecule has 0 N–H and O–H groups in total. The summed E-state index contributed by atoms with van der Waals surface area (Å²) in [6.07, 6.45) is 2.72. The van der Waals surface area contributed by atoms with Gasteiger partial charge in [0.05, 0.1) is 11.9 Å². The lowest BCUT2D eigenvalue weighted by atomic mass is 10.1. The second-order valence-electron chi connectivity index (χ2n) is 4.97. The van der Waals surface area contributed by atoms with Crippen molar-refractivity contribution < 1.29 is 12.8 Å². The molecule has 0 radical (unpaired) electrons. The number of hydrogen-bond donors (Lipinski definition) is 0. The standard InChI is InChI=1S/C13H20FN3O2S/c1-3-20(18,19)16(2)12-6-8-17(9-7-12)13-5-4-11(14)10-15-13/h4-5,10,12H,3,6-9H2,1-2H3. The fourth-order valence-electron chi connectivity index (χ4n) is 2.44. The van der Waals surface area contributed by atoms with Crippen LogP contribution in [0.25, 0.3) is 0 Å². The third kappa shape index (κ3) is 3.27. The summed E-state index contributed by atoms with van der Waals surface area (Å²) in [6.45, 7) is 3.11. The van der Waals surface area contributed by atoms with Crippen molar-refractivity contribution in [2.45, 2.75) is 25.8 Å². The summed E-state index contributed by atoms with van der Waals surface area (Å²) in [4.78, 5) is 6.11. The van der Waals surface area contributed by atoms with Crippen molar-refractivity contribution in [3.8, 4) is 0 Å². The van der Waals surface area contributed by atoms with Crippen molar-refractivity contribution >= 4 is 15.8 Å². The molecule has 1 aliphatic heterocycles. The zero-order valence-electron chi connectivity index (χ0n) is 11.8. The lowest BCUT2D eigenvalue weighted by molar-refractivity contribution is 0.312. The fourth-order valence-corrected chi connectivity index (χ4v) is 3.52. The molecule has 0 bridgehead atoms. The molecule has 2 heterocycles. The van der Waals surface area contributed by atoms with Crippen LogP contribution in [0.1, 0.15) is 19.8 Å². The van der Waals surface area contributed by atoms with Crippen molar-refractivity contribution in [1.29, 1.82) is 0 Å². The summed E-state index contributed by atoms with van der Waals surface area (Å²) in [5.74, 6) is 0.520. The second kappa shape index (κ2) is 6.05. The predicted molar refractivity (Wildman–Crippen MR) is 76.7 cm³/mol. The van der Waals surface area contributed by atoms with Gasteiger partial charge in [-0.1, -0.05) is 0 Å². The molecule has 0 unspecified atom stereocenters. The lowest BCUT2D eigenvalue weighted by Gasteiger charge is -2.36. The topological polar surface area (TPSA) is 53.5 Å². The van der Waals surface area contributed by atoms with E-state index in [9.17, 15) is 12.8 Å². The lowest BCUT2D eigenvalue weighted by Crippen LogP contribution is -2.46. The van der Waals surface area contributed by atoms with Crippen LogP contribution in [-0.4, -0.2) is 49.6 Å². The van der Waals surface area contributed by atoms with E-state index in [-0.39, 0.29) is 17.6 Å². The van der Waals surface area contributed by atoms with E-state index in [0.717, 1.165) is 31.7 Å². The molecule has 0 atom stereocenters. The number of halogens is 1. The minimum Gasteiger partial charge on any atom is -0.357 e. The van der Waals surface area contributed by atoms with Gasteiger partial charge in [-0.05, 0) is 31.9 Å². The van der Waals surface area contributed by atoms with E-state index >= 15 is 0 Å². The molecule has 0 amide bonds. The molecule has 0 spiro atoms. The monoisotopic (exact) mass is 301 g/mol. The second-order valence-corrected chi connectivity index (χ2v) is 7.29. The first-order chi connectivity index (χ1) is 9.44. The molecule has 1 aromatic heterocycles. The Morgan fingerprint density at radius 3 is 2.55 bits per heavy atom. The minimum absolute atomic E-state index is 0.0386. The number of rotatable bonds is 4. The highest BCUT2D eigenvalue weighted by Gasteiger charge is 2.28. The van der Waals surface area contributed by atoms with E-state index in [1.54, 1.807) is 20.0 Å². The smallest absolute Gasteiger partial charge is 0.213 e. The molecule has 5 nitrogen and oxygen atoms in total. The van der Waals surface area contributed by atoms with Gasteiger partial charge < -0.3 is 4.90 Å².